The standard InChI is InChI=1S/C21H25N3O4/c25-16-11-15(12-16)19(26)22-17(10-14-6-2-1-3-7-14)20-23-18(13-28-20)21(27)24-8-4-5-9-24/h1-3,6-7,13,15-17,25H,4-5,8-12H2,(H,22,26)/t15?,16?,17-/m1/s1. The summed E-state index contributed by atoms with van der Waals surface area (Å²) in [5, 5.41) is 12.5. The molecular weight excluding hydrogens is 358 g/mol. The maximum Gasteiger partial charge on any atom is 0.275 e. The molecular formula is C21H25N3O4. The largest absolute Gasteiger partial charge is 0.446 e. The van der Waals surface area contributed by atoms with Gasteiger partial charge in [0.25, 0.3) is 5.91 Å². The van der Waals surface area contributed by atoms with Crippen molar-refractivity contribution in [3.05, 3.63) is 53.7 Å². The van der Waals surface area contributed by atoms with Gasteiger partial charge in [0.2, 0.25) is 11.8 Å². The number of aromatic nitrogens is 1. The molecule has 1 saturated carbocycles. The van der Waals surface area contributed by atoms with E-state index in [2.05, 4.69) is 10.3 Å². The number of rotatable bonds is 6. The van der Waals surface area contributed by atoms with Crippen LogP contribution in [0.1, 0.15) is 53.7 Å². The zero-order chi connectivity index (χ0) is 19.5. The third-order valence-corrected chi connectivity index (χ3v) is 5.52. The minimum Gasteiger partial charge on any atom is -0.446 e. The van der Waals surface area contributed by atoms with Gasteiger partial charge in [0.15, 0.2) is 5.69 Å². The molecule has 1 aliphatic heterocycles. The lowest BCUT2D eigenvalue weighted by atomic mass is 9.81. The first kappa shape index (κ1) is 18.7. The maximum absolute atomic E-state index is 12.6. The minimum absolute atomic E-state index is 0.114. The molecule has 1 saturated heterocycles. The number of carbonyl (C=O) groups excluding carboxylic acids is 2. The van der Waals surface area contributed by atoms with Crippen LogP contribution in [0.3, 0.4) is 0 Å². The van der Waals surface area contributed by atoms with Crippen LogP contribution >= 0.6 is 0 Å². The van der Waals surface area contributed by atoms with Crippen LogP contribution in [0.25, 0.3) is 0 Å². The first-order chi connectivity index (χ1) is 13.6. The maximum atomic E-state index is 12.6. The molecule has 7 nitrogen and oxygen atoms in total. The predicted molar refractivity (Wildman–Crippen MR) is 101 cm³/mol. The highest BCUT2D eigenvalue weighted by atomic mass is 16.3. The molecule has 1 aromatic carbocycles. The lowest BCUT2D eigenvalue weighted by molar-refractivity contribution is -0.132. The van der Waals surface area contributed by atoms with Gasteiger partial charge in [-0.25, -0.2) is 4.98 Å². The van der Waals surface area contributed by atoms with Crippen molar-refractivity contribution in [3.8, 4) is 0 Å². The van der Waals surface area contributed by atoms with Crippen LogP contribution in [0, 0.1) is 5.92 Å². The molecule has 1 aliphatic carbocycles. The number of nitrogens with zero attached hydrogens (tertiary/aromatic N) is 2. The van der Waals surface area contributed by atoms with Gasteiger partial charge in [0, 0.05) is 25.4 Å². The topological polar surface area (TPSA) is 95.7 Å². The molecule has 7 heteroatoms. The van der Waals surface area contributed by atoms with Gasteiger partial charge in [-0.1, -0.05) is 30.3 Å². The lowest BCUT2D eigenvalue weighted by Gasteiger charge is -2.31. The number of amides is 2. The fourth-order valence-electron chi connectivity index (χ4n) is 3.77. The number of aliphatic hydroxyl groups excluding tert-OH is 1. The zero-order valence-electron chi connectivity index (χ0n) is 15.7. The Hall–Kier alpha value is -2.67. The second kappa shape index (κ2) is 8.14. The van der Waals surface area contributed by atoms with Crippen molar-refractivity contribution in [1.29, 1.82) is 0 Å². The van der Waals surface area contributed by atoms with E-state index in [1.54, 1.807) is 4.90 Å². The van der Waals surface area contributed by atoms with Crippen LogP contribution in [-0.4, -0.2) is 46.0 Å². The third kappa shape index (κ3) is 4.09. The highest BCUT2D eigenvalue weighted by Crippen LogP contribution is 2.29. The first-order valence-corrected chi connectivity index (χ1v) is 9.87. The van der Waals surface area contributed by atoms with Crippen molar-refractivity contribution in [3.63, 3.8) is 0 Å². The van der Waals surface area contributed by atoms with E-state index in [4.69, 9.17) is 4.42 Å². The first-order valence-electron chi connectivity index (χ1n) is 9.87. The van der Waals surface area contributed by atoms with Crippen LogP contribution in [0.15, 0.2) is 41.0 Å². The van der Waals surface area contributed by atoms with Gasteiger partial charge in [0.05, 0.1) is 6.10 Å². The van der Waals surface area contributed by atoms with E-state index in [1.165, 1.54) is 6.26 Å². The zero-order valence-corrected chi connectivity index (χ0v) is 15.7. The predicted octanol–water partition coefficient (Wildman–Crippen LogP) is 2.08. The van der Waals surface area contributed by atoms with Gasteiger partial charge in [-0.15, -0.1) is 0 Å². The van der Waals surface area contributed by atoms with Crippen molar-refractivity contribution < 1.29 is 19.1 Å². The summed E-state index contributed by atoms with van der Waals surface area (Å²) in [4.78, 5) is 31.3. The molecule has 2 fully saturated rings. The van der Waals surface area contributed by atoms with E-state index >= 15 is 0 Å². The Bertz CT molecular complexity index is 823. The Morgan fingerprint density at radius 3 is 2.61 bits per heavy atom. The molecule has 2 aromatic rings. The van der Waals surface area contributed by atoms with Gasteiger partial charge in [0.1, 0.15) is 12.3 Å². The summed E-state index contributed by atoms with van der Waals surface area (Å²) in [5.74, 6) is -0.0928. The van der Waals surface area contributed by atoms with Crippen LogP contribution in [-0.2, 0) is 11.2 Å². The molecule has 0 unspecified atom stereocenters. The number of likely N-dealkylation sites (tertiary alicyclic amines) is 1. The van der Waals surface area contributed by atoms with Crippen molar-refractivity contribution in [2.45, 2.75) is 44.2 Å². The molecule has 2 N–H and O–H groups in total. The number of nitrogens with one attached hydrogen (secondary N) is 1. The Balaban J connectivity index is 1.50. The average Bonchev–Trinajstić information content (AvgIpc) is 3.37. The Morgan fingerprint density at radius 2 is 1.93 bits per heavy atom. The van der Waals surface area contributed by atoms with Crippen LogP contribution in [0.5, 0.6) is 0 Å². The molecule has 2 aliphatic rings. The normalized spacial score (nSPS) is 22.5. The lowest BCUT2D eigenvalue weighted by Crippen LogP contribution is -2.43. The van der Waals surface area contributed by atoms with E-state index in [0.29, 0.717) is 25.2 Å². The third-order valence-electron chi connectivity index (χ3n) is 5.52. The molecule has 0 bridgehead atoms. The number of oxazole rings is 1. The van der Waals surface area contributed by atoms with Crippen molar-refractivity contribution >= 4 is 11.8 Å². The van der Waals surface area contributed by atoms with Crippen molar-refractivity contribution in [1.82, 2.24) is 15.2 Å². The Morgan fingerprint density at radius 1 is 1.21 bits per heavy atom. The van der Waals surface area contributed by atoms with Crippen molar-refractivity contribution in [2.24, 2.45) is 5.92 Å². The molecule has 0 spiro atoms. The van der Waals surface area contributed by atoms with E-state index in [9.17, 15) is 14.7 Å². The fourth-order valence-corrected chi connectivity index (χ4v) is 3.77. The molecule has 1 aromatic heterocycles. The van der Waals surface area contributed by atoms with Gasteiger partial charge < -0.3 is 19.7 Å². The van der Waals surface area contributed by atoms with Gasteiger partial charge in [-0.2, -0.15) is 0 Å². The fraction of sp³-hybridized carbons (Fsp3) is 0.476. The van der Waals surface area contributed by atoms with Gasteiger partial charge in [-0.05, 0) is 31.2 Å². The molecule has 2 heterocycles. The van der Waals surface area contributed by atoms with E-state index in [0.717, 1.165) is 31.5 Å². The average molecular weight is 383 g/mol. The quantitative estimate of drug-likeness (QED) is 0.796. The second-order valence-corrected chi connectivity index (χ2v) is 7.64. The molecule has 0 radical (unpaired) electrons. The molecule has 148 valence electrons. The summed E-state index contributed by atoms with van der Waals surface area (Å²) in [6, 6.07) is 9.30. The number of aliphatic hydroxyl groups is 1. The van der Waals surface area contributed by atoms with Crippen molar-refractivity contribution in [2.75, 3.05) is 13.1 Å². The second-order valence-electron chi connectivity index (χ2n) is 7.64. The van der Waals surface area contributed by atoms with E-state index in [1.807, 2.05) is 30.3 Å². The van der Waals surface area contributed by atoms with Gasteiger partial charge in [-0.3, -0.25) is 9.59 Å². The monoisotopic (exact) mass is 383 g/mol. The molecule has 2 amide bonds. The summed E-state index contributed by atoms with van der Waals surface area (Å²) < 4.78 is 5.61. The summed E-state index contributed by atoms with van der Waals surface area (Å²) in [6.45, 7) is 1.49. The highest BCUT2D eigenvalue weighted by molar-refractivity contribution is 5.92. The summed E-state index contributed by atoms with van der Waals surface area (Å²) in [7, 11) is 0. The summed E-state index contributed by atoms with van der Waals surface area (Å²) >= 11 is 0. The molecule has 4 rings (SSSR count). The number of hydrogen-bond donors (Lipinski definition) is 2. The molecule has 28 heavy (non-hydrogen) atoms. The van der Waals surface area contributed by atoms with Crippen LogP contribution < -0.4 is 5.32 Å². The molecule has 1 atom stereocenters. The number of hydrogen-bond acceptors (Lipinski definition) is 5. The number of benzene rings is 1. The van der Waals surface area contributed by atoms with Crippen LogP contribution in [0.2, 0.25) is 0 Å². The summed E-state index contributed by atoms with van der Waals surface area (Å²) in [6.07, 6.45) is 4.48. The highest BCUT2D eigenvalue weighted by Gasteiger charge is 2.35. The van der Waals surface area contributed by atoms with E-state index < -0.39 is 12.1 Å². The Kier molecular flexibility index (Phi) is 5.43. The summed E-state index contributed by atoms with van der Waals surface area (Å²) in [5.41, 5.74) is 1.32. The number of carbonyl (C=O) groups is 2. The minimum atomic E-state index is -0.465. The van der Waals surface area contributed by atoms with Gasteiger partial charge >= 0.3 is 0 Å². The van der Waals surface area contributed by atoms with E-state index in [-0.39, 0.29) is 23.4 Å². The van der Waals surface area contributed by atoms with Crippen LogP contribution in [0.4, 0.5) is 0 Å². The SMILES string of the molecule is O=C(N[C@H](Cc1ccccc1)c1nc(C(=O)N2CCCC2)co1)C1CC(O)C1. The Labute approximate surface area is 163 Å². The smallest absolute Gasteiger partial charge is 0.275 e.